The number of benzene rings is 2. The molecule has 106 valence electrons. The number of hydrogen-bond donors (Lipinski definition) is 1. The molecule has 0 aromatic heterocycles. The van der Waals surface area contributed by atoms with Gasteiger partial charge in [-0.3, -0.25) is 0 Å². The van der Waals surface area contributed by atoms with Crippen LogP contribution in [-0.2, 0) is 10.0 Å². The maximum Gasteiger partial charge on any atom is 0.240 e. The van der Waals surface area contributed by atoms with Crippen molar-refractivity contribution in [3.05, 3.63) is 47.2 Å². The van der Waals surface area contributed by atoms with E-state index in [9.17, 15) is 12.8 Å². The summed E-state index contributed by atoms with van der Waals surface area (Å²) in [5, 5.41) is 5.45. The number of nitrogens with two attached hydrogens (primary N) is 1. The lowest BCUT2D eigenvalue weighted by Gasteiger charge is -2.11. The van der Waals surface area contributed by atoms with Crippen LogP contribution in [0.1, 0.15) is 0 Å². The van der Waals surface area contributed by atoms with Gasteiger partial charge >= 0.3 is 0 Å². The second-order valence-electron chi connectivity index (χ2n) is 4.01. The van der Waals surface area contributed by atoms with E-state index in [0.717, 1.165) is 11.0 Å². The van der Waals surface area contributed by atoms with E-state index in [1.807, 2.05) is 6.26 Å². The molecule has 0 fully saturated rings. The highest BCUT2D eigenvalue weighted by atomic mass is 35.5. The molecule has 3 nitrogen and oxygen atoms in total. The lowest BCUT2D eigenvalue weighted by atomic mass is 10.1. The minimum atomic E-state index is -4.11. The molecular weight excluding hydrogens is 321 g/mol. The minimum absolute atomic E-state index is 0.156. The van der Waals surface area contributed by atoms with E-state index in [2.05, 4.69) is 0 Å². The zero-order valence-electron chi connectivity index (χ0n) is 10.4. The van der Waals surface area contributed by atoms with E-state index < -0.39 is 20.7 Å². The lowest BCUT2D eigenvalue weighted by Crippen LogP contribution is -2.14. The van der Waals surface area contributed by atoms with Crippen LogP contribution >= 0.6 is 23.4 Å². The molecule has 2 N–H and O–H groups in total. The number of rotatable bonds is 3. The Morgan fingerprint density at radius 2 is 1.90 bits per heavy atom. The largest absolute Gasteiger partial charge is 0.240 e. The number of sulfonamides is 1. The van der Waals surface area contributed by atoms with Crippen molar-refractivity contribution in [1.82, 2.24) is 0 Å². The first-order valence-corrected chi connectivity index (χ1v) is 8.64. The maximum atomic E-state index is 14.4. The normalized spacial score (nSPS) is 11.6. The fraction of sp³-hybridized carbons (Fsp3) is 0.0769. The summed E-state index contributed by atoms with van der Waals surface area (Å²) in [5.41, 5.74) is 0.691. The van der Waals surface area contributed by atoms with Gasteiger partial charge in [-0.1, -0.05) is 23.7 Å². The van der Waals surface area contributed by atoms with Gasteiger partial charge in [0.1, 0.15) is 4.90 Å². The molecule has 0 bridgehead atoms. The van der Waals surface area contributed by atoms with Gasteiger partial charge in [0.2, 0.25) is 10.0 Å². The quantitative estimate of drug-likeness (QED) is 0.875. The first-order valence-electron chi connectivity index (χ1n) is 5.50. The van der Waals surface area contributed by atoms with Crippen molar-refractivity contribution in [1.29, 1.82) is 0 Å². The number of primary sulfonamides is 1. The Hall–Kier alpha value is -1.08. The molecule has 2 rings (SSSR count). The molecular formula is C13H11ClFNO2S2. The van der Waals surface area contributed by atoms with Crippen LogP contribution in [0.2, 0.25) is 5.02 Å². The number of halogens is 2. The van der Waals surface area contributed by atoms with Crippen molar-refractivity contribution in [3.63, 3.8) is 0 Å². The Morgan fingerprint density at radius 1 is 1.20 bits per heavy atom. The first kappa shape index (κ1) is 15.3. The SMILES string of the molecule is CSc1ccc(Cl)cc1-c1cccc(S(N)(=O)=O)c1F. The van der Waals surface area contributed by atoms with E-state index in [-0.39, 0.29) is 5.56 Å². The lowest BCUT2D eigenvalue weighted by molar-refractivity contribution is 0.570. The van der Waals surface area contributed by atoms with Gasteiger partial charge in [0.05, 0.1) is 0 Å². The van der Waals surface area contributed by atoms with Crippen molar-refractivity contribution in [2.24, 2.45) is 5.14 Å². The van der Waals surface area contributed by atoms with Gasteiger partial charge in [0.15, 0.2) is 5.82 Å². The summed E-state index contributed by atoms with van der Waals surface area (Å²) < 4.78 is 37.1. The number of hydrogen-bond acceptors (Lipinski definition) is 3. The minimum Gasteiger partial charge on any atom is -0.225 e. The fourth-order valence-corrected chi connectivity index (χ4v) is 3.22. The second-order valence-corrected chi connectivity index (χ2v) is 6.82. The van der Waals surface area contributed by atoms with Gasteiger partial charge in [-0.2, -0.15) is 0 Å². The highest BCUT2D eigenvalue weighted by Crippen LogP contribution is 2.35. The zero-order valence-corrected chi connectivity index (χ0v) is 12.8. The number of thioether (sulfide) groups is 1. The molecule has 20 heavy (non-hydrogen) atoms. The molecule has 0 aliphatic rings. The van der Waals surface area contributed by atoms with Crippen LogP contribution in [0.15, 0.2) is 46.2 Å². The summed E-state index contributed by atoms with van der Waals surface area (Å²) in [5.74, 6) is -0.868. The highest BCUT2D eigenvalue weighted by molar-refractivity contribution is 7.98. The van der Waals surface area contributed by atoms with Crippen LogP contribution < -0.4 is 5.14 Å². The third-order valence-corrected chi connectivity index (χ3v) is 4.68. The van der Waals surface area contributed by atoms with Crippen LogP contribution in [0.3, 0.4) is 0 Å². The van der Waals surface area contributed by atoms with Crippen molar-refractivity contribution in [2.75, 3.05) is 6.26 Å². The van der Waals surface area contributed by atoms with Crippen molar-refractivity contribution in [2.45, 2.75) is 9.79 Å². The summed E-state index contributed by atoms with van der Waals surface area (Å²) in [7, 11) is -4.11. The van der Waals surface area contributed by atoms with E-state index in [4.69, 9.17) is 16.7 Å². The van der Waals surface area contributed by atoms with Crippen molar-refractivity contribution < 1.29 is 12.8 Å². The Kier molecular flexibility index (Phi) is 4.39. The van der Waals surface area contributed by atoms with E-state index in [1.54, 1.807) is 18.2 Å². The summed E-state index contributed by atoms with van der Waals surface area (Å²) >= 11 is 7.35. The highest BCUT2D eigenvalue weighted by Gasteiger charge is 2.19. The summed E-state index contributed by atoms with van der Waals surface area (Å²) in [4.78, 5) is 0.266. The molecule has 0 aliphatic heterocycles. The zero-order chi connectivity index (χ0) is 14.9. The van der Waals surface area contributed by atoms with Crippen LogP contribution in [0.5, 0.6) is 0 Å². The average molecular weight is 332 g/mol. The van der Waals surface area contributed by atoms with E-state index >= 15 is 0 Å². The smallest absolute Gasteiger partial charge is 0.225 e. The predicted molar refractivity (Wildman–Crippen MR) is 80.0 cm³/mol. The predicted octanol–water partition coefficient (Wildman–Crippen LogP) is 3.52. The van der Waals surface area contributed by atoms with Crippen LogP contribution in [0.4, 0.5) is 4.39 Å². The monoisotopic (exact) mass is 331 g/mol. The molecule has 7 heteroatoms. The van der Waals surface area contributed by atoms with E-state index in [1.165, 1.54) is 23.9 Å². The standard InChI is InChI=1S/C13H11ClFNO2S2/c1-19-11-6-5-8(14)7-10(11)9-3-2-4-12(13(9)15)20(16,17)18/h2-7H,1H3,(H2,16,17,18). The molecule has 0 unspecified atom stereocenters. The molecule has 0 amide bonds. The van der Waals surface area contributed by atoms with Gasteiger partial charge in [-0.25, -0.2) is 17.9 Å². The Labute approximate surface area is 126 Å². The fourth-order valence-electron chi connectivity index (χ4n) is 1.83. The molecule has 2 aromatic carbocycles. The topological polar surface area (TPSA) is 60.2 Å². The summed E-state index contributed by atoms with van der Waals surface area (Å²) in [6.07, 6.45) is 1.84. The Morgan fingerprint density at radius 3 is 2.50 bits per heavy atom. The summed E-state index contributed by atoms with van der Waals surface area (Å²) in [6.45, 7) is 0. The van der Waals surface area contributed by atoms with Crippen LogP contribution in [-0.4, -0.2) is 14.7 Å². The van der Waals surface area contributed by atoms with Gasteiger partial charge in [-0.05, 0) is 36.1 Å². The molecule has 0 atom stereocenters. The van der Waals surface area contributed by atoms with Crippen molar-refractivity contribution in [3.8, 4) is 11.1 Å². The molecule has 2 aromatic rings. The van der Waals surface area contributed by atoms with Gasteiger partial charge in [0.25, 0.3) is 0 Å². The molecule has 0 heterocycles. The van der Waals surface area contributed by atoms with Gasteiger partial charge in [0, 0.05) is 15.5 Å². The molecule has 0 radical (unpaired) electrons. The van der Waals surface area contributed by atoms with Crippen molar-refractivity contribution >= 4 is 33.4 Å². The Balaban J connectivity index is 2.75. The Bertz CT molecular complexity index is 763. The molecule has 0 saturated heterocycles. The van der Waals surface area contributed by atoms with Crippen LogP contribution in [0, 0.1) is 5.82 Å². The van der Waals surface area contributed by atoms with Gasteiger partial charge in [-0.15, -0.1) is 11.8 Å². The van der Waals surface area contributed by atoms with Crippen LogP contribution in [0.25, 0.3) is 11.1 Å². The first-order chi connectivity index (χ1) is 9.34. The van der Waals surface area contributed by atoms with Gasteiger partial charge < -0.3 is 0 Å². The third kappa shape index (κ3) is 2.98. The third-order valence-electron chi connectivity index (χ3n) is 2.72. The van der Waals surface area contributed by atoms with E-state index in [0.29, 0.717) is 10.6 Å². The molecule has 0 aliphatic carbocycles. The maximum absolute atomic E-state index is 14.4. The summed E-state index contributed by atoms with van der Waals surface area (Å²) in [6, 6.07) is 9.12. The second kappa shape index (κ2) is 5.73. The molecule has 0 spiro atoms. The molecule has 0 saturated carbocycles. The average Bonchev–Trinajstić information content (AvgIpc) is 2.37.